The normalized spacial score (nSPS) is 12.1. The summed E-state index contributed by atoms with van der Waals surface area (Å²) in [6, 6.07) is 11.5. The highest BCUT2D eigenvalue weighted by Crippen LogP contribution is 2.36. The minimum atomic E-state index is 0.277. The van der Waals surface area contributed by atoms with Gasteiger partial charge in [-0.2, -0.15) is 0 Å². The van der Waals surface area contributed by atoms with Gasteiger partial charge in [0.1, 0.15) is 11.5 Å². The van der Waals surface area contributed by atoms with Gasteiger partial charge in [0.25, 0.3) is 0 Å². The third-order valence-corrected chi connectivity index (χ3v) is 3.31. The first kappa shape index (κ1) is 13.4. The third kappa shape index (κ3) is 2.81. The third-order valence-electron chi connectivity index (χ3n) is 3.31. The Morgan fingerprint density at radius 1 is 1.05 bits per heavy atom. The lowest BCUT2D eigenvalue weighted by Gasteiger charge is -2.12. The predicted molar refractivity (Wildman–Crippen MR) is 79.4 cm³/mol. The highest BCUT2D eigenvalue weighted by molar-refractivity contribution is 5.55. The van der Waals surface area contributed by atoms with Crippen molar-refractivity contribution in [2.75, 3.05) is 26.3 Å². The second kappa shape index (κ2) is 5.83. The Balaban J connectivity index is 1.77. The van der Waals surface area contributed by atoms with Gasteiger partial charge >= 0.3 is 0 Å². The number of nitrogens with one attached hydrogen (secondary N) is 1. The van der Waals surface area contributed by atoms with Gasteiger partial charge in [-0.1, -0.05) is 12.1 Å². The number of ether oxygens (including phenoxy) is 4. The molecule has 2 aromatic rings. The van der Waals surface area contributed by atoms with Gasteiger partial charge in [-0.15, -0.1) is 0 Å². The van der Waals surface area contributed by atoms with Gasteiger partial charge in [-0.25, -0.2) is 0 Å². The van der Waals surface area contributed by atoms with E-state index >= 15 is 0 Å². The van der Waals surface area contributed by atoms with Crippen LogP contribution < -0.4 is 24.3 Å². The molecular formula is C16H17NO4. The van der Waals surface area contributed by atoms with Crippen LogP contribution in [0.2, 0.25) is 0 Å². The van der Waals surface area contributed by atoms with Gasteiger partial charge in [0.15, 0.2) is 11.5 Å². The number of benzene rings is 2. The van der Waals surface area contributed by atoms with E-state index in [1.807, 2.05) is 36.4 Å². The second-order valence-corrected chi connectivity index (χ2v) is 4.61. The highest BCUT2D eigenvalue weighted by Gasteiger charge is 2.16. The van der Waals surface area contributed by atoms with Gasteiger partial charge in [-0.3, -0.25) is 0 Å². The number of fused-ring (bicyclic) bond motifs is 1. The van der Waals surface area contributed by atoms with E-state index in [0.29, 0.717) is 6.54 Å². The molecule has 21 heavy (non-hydrogen) atoms. The molecule has 1 N–H and O–H groups in total. The first-order valence-corrected chi connectivity index (χ1v) is 6.64. The summed E-state index contributed by atoms with van der Waals surface area (Å²) in [7, 11) is 3.27. The van der Waals surface area contributed by atoms with Crippen LogP contribution in [0.25, 0.3) is 0 Å². The van der Waals surface area contributed by atoms with Gasteiger partial charge < -0.3 is 24.3 Å². The predicted octanol–water partition coefficient (Wildman–Crippen LogP) is 3.04. The zero-order valence-electron chi connectivity index (χ0n) is 12.0. The van der Waals surface area contributed by atoms with Gasteiger partial charge in [-0.05, 0) is 6.07 Å². The first-order valence-electron chi connectivity index (χ1n) is 6.64. The molecule has 0 fully saturated rings. The molecule has 0 unspecified atom stereocenters. The Kier molecular flexibility index (Phi) is 3.73. The molecule has 0 bridgehead atoms. The summed E-state index contributed by atoms with van der Waals surface area (Å²) in [5, 5.41) is 3.34. The number of rotatable bonds is 5. The minimum Gasteiger partial charge on any atom is -0.497 e. The second-order valence-electron chi connectivity index (χ2n) is 4.61. The molecule has 0 aliphatic carbocycles. The molecular weight excluding hydrogens is 270 g/mol. The Labute approximate surface area is 123 Å². The van der Waals surface area contributed by atoms with Crippen LogP contribution in [0.1, 0.15) is 5.56 Å². The Morgan fingerprint density at radius 3 is 2.52 bits per heavy atom. The molecule has 3 rings (SSSR count). The molecule has 110 valence electrons. The van der Waals surface area contributed by atoms with Crippen LogP contribution in [-0.2, 0) is 6.54 Å². The lowest BCUT2D eigenvalue weighted by Crippen LogP contribution is -2.02. The average Bonchev–Trinajstić information content (AvgIpc) is 3.01. The van der Waals surface area contributed by atoms with Crippen LogP contribution in [0.5, 0.6) is 23.0 Å². The topological polar surface area (TPSA) is 49.0 Å². The Morgan fingerprint density at radius 2 is 1.81 bits per heavy atom. The quantitative estimate of drug-likeness (QED) is 0.916. The van der Waals surface area contributed by atoms with Crippen molar-refractivity contribution in [1.29, 1.82) is 0 Å². The molecule has 1 heterocycles. The summed E-state index contributed by atoms with van der Waals surface area (Å²) in [5.74, 6) is 3.09. The number of methoxy groups -OCH3 is 2. The van der Waals surface area contributed by atoms with Gasteiger partial charge in [0.2, 0.25) is 6.79 Å². The molecule has 5 heteroatoms. The van der Waals surface area contributed by atoms with Crippen LogP contribution in [0, 0.1) is 0 Å². The smallest absolute Gasteiger partial charge is 0.231 e. The minimum absolute atomic E-state index is 0.277. The molecule has 1 aliphatic rings. The van der Waals surface area contributed by atoms with Crippen LogP contribution >= 0.6 is 0 Å². The van der Waals surface area contributed by atoms with Crippen molar-refractivity contribution in [1.82, 2.24) is 0 Å². The SMILES string of the molecule is COc1cc(NCc2cccc3c2OCO3)cc(OC)c1. The molecule has 0 spiro atoms. The fourth-order valence-corrected chi connectivity index (χ4v) is 2.24. The summed E-state index contributed by atoms with van der Waals surface area (Å²) in [5.41, 5.74) is 1.97. The monoisotopic (exact) mass is 287 g/mol. The van der Waals surface area contributed by atoms with Crippen molar-refractivity contribution >= 4 is 5.69 Å². The van der Waals surface area contributed by atoms with Crippen molar-refractivity contribution in [3.63, 3.8) is 0 Å². The van der Waals surface area contributed by atoms with Crippen molar-refractivity contribution < 1.29 is 18.9 Å². The van der Waals surface area contributed by atoms with Crippen molar-refractivity contribution in [3.05, 3.63) is 42.0 Å². The molecule has 0 radical (unpaired) electrons. The van der Waals surface area contributed by atoms with Crippen LogP contribution in [0.15, 0.2) is 36.4 Å². The number of anilines is 1. The van der Waals surface area contributed by atoms with E-state index in [9.17, 15) is 0 Å². The fourth-order valence-electron chi connectivity index (χ4n) is 2.24. The van der Waals surface area contributed by atoms with Gasteiger partial charge in [0, 0.05) is 36.0 Å². The van der Waals surface area contributed by atoms with Crippen molar-refractivity contribution in [3.8, 4) is 23.0 Å². The van der Waals surface area contributed by atoms with Gasteiger partial charge in [0.05, 0.1) is 14.2 Å². The lowest BCUT2D eigenvalue weighted by atomic mass is 10.2. The van der Waals surface area contributed by atoms with Crippen molar-refractivity contribution in [2.45, 2.75) is 6.54 Å². The summed E-state index contributed by atoms with van der Waals surface area (Å²) in [6.07, 6.45) is 0. The maximum atomic E-state index is 5.50. The molecule has 0 saturated carbocycles. The summed E-state index contributed by atoms with van der Waals surface area (Å²) in [4.78, 5) is 0. The lowest BCUT2D eigenvalue weighted by molar-refractivity contribution is 0.173. The average molecular weight is 287 g/mol. The number of hydrogen-bond acceptors (Lipinski definition) is 5. The molecule has 0 atom stereocenters. The number of hydrogen-bond donors (Lipinski definition) is 1. The zero-order valence-corrected chi connectivity index (χ0v) is 12.0. The maximum absolute atomic E-state index is 5.50. The molecule has 0 aromatic heterocycles. The van der Waals surface area contributed by atoms with E-state index in [4.69, 9.17) is 18.9 Å². The van der Waals surface area contributed by atoms with E-state index in [2.05, 4.69) is 5.32 Å². The molecule has 2 aromatic carbocycles. The van der Waals surface area contributed by atoms with Crippen LogP contribution in [0.4, 0.5) is 5.69 Å². The fraction of sp³-hybridized carbons (Fsp3) is 0.250. The van der Waals surface area contributed by atoms with Crippen molar-refractivity contribution in [2.24, 2.45) is 0 Å². The Hall–Kier alpha value is -2.56. The van der Waals surface area contributed by atoms with E-state index in [0.717, 1.165) is 34.2 Å². The standard InChI is InChI=1S/C16H17NO4/c1-18-13-6-12(7-14(8-13)19-2)17-9-11-4-3-5-15-16(11)21-10-20-15/h3-8,17H,9-10H2,1-2H3. The van der Waals surface area contributed by atoms with E-state index in [-0.39, 0.29) is 6.79 Å². The number of para-hydroxylation sites is 1. The summed E-state index contributed by atoms with van der Waals surface area (Å²) in [6.45, 7) is 0.905. The van der Waals surface area contributed by atoms with Crippen LogP contribution in [-0.4, -0.2) is 21.0 Å². The molecule has 0 amide bonds. The molecule has 5 nitrogen and oxygen atoms in total. The van der Waals surface area contributed by atoms with E-state index in [1.54, 1.807) is 14.2 Å². The first-order chi connectivity index (χ1) is 10.3. The molecule has 0 saturated heterocycles. The summed E-state index contributed by atoms with van der Waals surface area (Å²) >= 11 is 0. The molecule has 1 aliphatic heterocycles. The van der Waals surface area contributed by atoms with E-state index in [1.165, 1.54) is 0 Å². The highest BCUT2D eigenvalue weighted by atomic mass is 16.7. The Bertz CT molecular complexity index is 620. The van der Waals surface area contributed by atoms with Crippen LogP contribution in [0.3, 0.4) is 0 Å². The van der Waals surface area contributed by atoms with E-state index < -0.39 is 0 Å². The summed E-state index contributed by atoms with van der Waals surface area (Å²) < 4.78 is 21.4. The maximum Gasteiger partial charge on any atom is 0.231 e. The zero-order chi connectivity index (χ0) is 14.7. The largest absolute Gasteiger partial charge is 0.497 e.